The molecule has 4 heteroatoms. The maximum absolute atomic E-state index is 11.7. The zero-order chi connectivity index (χ0) is 13.6. The fourth-order valence-electron chi connectivity index (χ4n) is 1.11. The van der Waals surface area contributed by atoms with E-state index >= 15 is 0 Å². The van der Waals surface area contributed by atoms with E-state index in [1.165, 1.54) is 0 Å². The molecule has 17 heavy (non-hydrogen) atoms. The number of amides is 1. The van der Waals surface area contributed by atoms with Crippen molar-refractivity contribution < 1.29 is 4.79 Å². The Morgan fingerprint density at radius 3 is 2.18 bits per heavy atom. The molecule has 0 aromatic rings. The Kier molecular flexibility index (Phi) is 6.72. The van der Waals surface area contributed by atoms with E-state index in [2.05, 4.69) is 43.2 Å². The molecular weight excluding hydrogens is 214 g/mol. The lowest BCUT2D eigenvalue weighted by atomic mass is 10.0. The van der Waals surface area contributed by atoms with Gasteiger partial charge in [-0.05, 0) is 40.8 Å². The topological polar surface area (TPSA) is 44.4 Å². The van der Waals surface area contributed by atoms with Crippen molar-refractivity contribution in [3.8, 4) is 0 Å². The zero-order valence-corrected chi connectivity index (χ0v) is 12.4. The summed E-state index contributed by atoms with van der Waals surface area (Å²) in [4.78, 5) is 13.9. The lowest BCUT2D eigenvalue weighted by Gasteiger charge is -2.33. The van der Waals surface area contributed by atoms with Crippen LogP contribution in [0, 0.1) is 5.92 Å². The van der Waals surface area contributed by atoms with Gasteiger partial charge in [0.05, 0.1) is 6.04 Å². The zero-order valence-electron chi connectivity index (χ0n) is 12.4. The summed E-state index contributed by atoms with van der Waals surface area (Å²) in [5.74, 6) is 0.567. The summed E-state index contributed by atoms with van der Waals surface area (Å²) in [6.07, 6.45) is 0. The minimum atomic E-state index is -0.145. The van der Waals surface area contributed by atoms with Crippen LogP contribution in [-0.4, -0.2) is 49.6 Å². The summed E-state index contributed by atoms with van der Waals surface area (Å²) in [6.45, 7) is 11.9. The number of rotatable bonds is 7. The van der Waals surface area contributed by atoms with Gasteiger partial charge in [0.2, 0.25) is 5.91 Å². The van der Waals surface area contributed by atoms with E-state index < -0.39 is 0 Å². The third-order valence-electron chi connectivity index (χ3n) is 3.13. The van der Waals surface area contributed by atoms with Gasteiger partial charge in [-0.3, -0.25) is 4.79 Å². The largest absolute Gasteiger partial charge is 0.354 e. The molecule has 0 rings (SSSR count). The van der Waals surface area contributed by atoms with Gasteiger partial charge in [0.15, 0.2) is 0 Å². The van der Waals surface area contributed by atoms with Gasteiger partial charge in [-0.15, -0.1) is 0 Å². The van der Waals surface area contributed by atoms with Crippen LogP contribution < -0.4 is 10.6 Å². The second-order valence-corrected chi connectivity index (χ2v) is 5.95. The second kappa shape index (κ2) is 6.97. The Morgan fingerprint density at radius 2 is 1.76 bits per heavy atom. The maximum atomic E-state index is 11.7. The highest BCUT2D eigenvalue weighted by atomic mass is 16.2. The molecule has 1 unspecified atom stereocenters. The lowest BCUT2D eigenvalue weighted by molar-refractivity contribution is -0.123. The molecule has 4 nitrogen and oxygen atoms in total. The Morgan fingerprint density at radius 1 is 1.24 bits per heavy atom. The number of nitrogens with zero attached hydrogens (tertiary/aromatic N) is 1. The van der Waals surface area contributed by atoms with Crippen molar-refractivity contribution in [1.29, 1.82) is 0 Å². The Labute approximate surface area is 106 Å². The summed E-state index contributed by atoms with van der Waals surface area (Å²) in [5, 5.41) is 6.21. The average molecular weight is 243 g/mol. The number of hydrogen-bond donors (Lipinski definition) is 2. The molecular formula is C13H29N3O. The molecule has 0 aliphatic heterocycles. The molecule has 0 radical (unpaired) electrons. The lowest BCUT2D eigenvalue weighted by Crippen LogP contribution is -2.52. The van der Waals surface area contributed by atoms with Gasteiger partial charge in [-0.2, -0.15) is 0 Å². The fraction of sp³-hybridized carbons (Fsp3) is 0.923. The summed E-state index contributed by atoms with van der Waals surface area (Å²) < 4.78 is 0. The van der Waals surface area contributed by atoms with Crippen LogP contribution in [0.15, 0.2) is 0 Å². The maximum Gasteiger partial charge on any atom is 0.236 e. The van der Waals surface area contributed by atoms with Crippen LogP contribution in [0.2, 0.25) is 0 Å². The molecule has 0 fully saturated rings. The first-order valence-corrected chi connectivity index (χ1v) is 6.35. The number of nitrogens with one attached hydrogen (secondary N) is 2. The van der Waals surface area contributed by atoms with Gasteiger partial charge in [0, 0.05) is 18.6 Å². The SMILES string of the molecule is CC(C)CNC(=O)C(C)NCC(C)(C)N(C)C. The highest BCUT2D eigenvalue weighted by molar-refractivity contribution is 5.81. The number of carbonyl (C=O) groups is 1. The van der Waals surface area contributed by atoms with Crippen LogP contribution in [0.25, 0.3) is 0 Å². The van der Waals surface area contributed by atoms with Crippen molar-refractivity contribution in [1.82, 2.24) is 15.5 Å². The van der Waals surface area contributed by atoms with Crippen molar-refractivity contribution in [3.63, 3.8) is 0 Å². The van der Waals surface area contributed by atoms with Crippen molar-refractivity contribution in [2.45, 2.75) is 46.2 Å². The standard InChI is InChI=1S/C13H29N3O/c1-10(2)8-14-12(17)11(3)15-9-13(4,5)16(6)7/h10-11,15H,8-9H2,1-7H3,(H,14,17). The van der Waals surface area contributed by atoms with Crippen LogP contribution >= 0.6 is 0 Å². The molecule has 1 atom stereocenters. The van der Waals surface area contributed by atoms with Crippen LogP contribution in [-0.2, 0) is 4.79 Å². The first kappa shape index (κ1) is 16.4. The molecule has 1 amide bonds. The van der Waals surface area contributed by atoms with Crippen molar-refractivity contribution in [2.24, 2.45) is 5.92 Å². The van der Waals surface area contributed by atoms with Gasteiger partial charge in [-0.1, -0.05) is 13.8 Å². The van der Waals surface area contributed by atoms with Crippen molar-refractivity contribution in [3.05, 3.63) is 0 Å². The fourth-order valence-corrected chi connectivity index (χ4v) is 1.11. The van der Waals surface area contributed by atoms with Gasteiger partial charge in [-0.25, -0.2) is 0 Å². The quantitative estimate of drug-likeness (QED) is 0.703. The van der Waals surface area contributed by atoms with Gasteiger partial charge in [0.1, 0.15) is 0 Å². The minimum absolute atomic E-state index is 0.0482. The summed E-state index contributed by atoms with van der Waals surface area (Å²) in [5.41, 5.74) is 0.0482. The summed E-state index contributed by atoms with van der Waals surface area (Å²) in [6, 6.07) is -0.145. The third kappa shape index (κ3) is 6.64. The molecule has 0 aliphatic rings. The molecule has 0 bridgehead atoms. The predicted molar refractivity (Wildman–Crippen MR) is 73.1 cm³/mol. The number of hydrogen-bond acceptors (Lipinski definition) is 3. The minimum Gasteiger partial charge on any atom is -0.354 e. The van der Waals surface area contributed by atoms with Crippen LogP contribution in [0.4, 0.5) is 0 Å². The highest BCUT2D eigenvalue weighted by Crippen LogP contribution is 2.08. The molecule has 0 saturated heterocycles. The second-order valence-electron chi connectivity index (χ2n) is 5.95. The van der Waals surface area contributed by atoms with E-state index in [9.17, 15) is 4.79 Å². The molecule has 102 valence electrons. The molecule has 0 aliphatic carbocycles. The first-order valence-electron chi connectivity index (χ1n) is 6.35. The van der Waals surface area contributed by atoms with Crippen molar-refractivity contribution in [2.75, 3.05) is 27.2 Å². The van der Waals surface area contributed by atoms with Gasteiger partial charge >= 0.3 is 0 Å². The van der Waals surface area contributed by atoms with Crippen LogP contribution in [0.1, 0.15) is 34.6 Å². The normalized spacial score (nSPS) is 14.2. The Balaban J connectivity index is 4.01. The summed E-state index contributed by atoms with van der Waals surface area (Å²) in [7, 11) is 4.09. The Hall–Kier alpha value is -0.610. The van der Waals surface area contributed by atoms with E-state index in [-0.39, 0.29) is 17.5 Å². The molecule has 0 saturated carbocycles. The molecule has 0 heterocycles. The first-order chi connectivity index (χ1) is 7.66. The highest BCUT2D eigenvalue weighted by Gasteiger charge is 2.22. The van der Waals surface area contributed by atoms with Crippen LogP contribution in [0.5, 0.6) is 0 Å². The molecule has 0 aromatic heterocycles. The van der Waals surface area contributed by atoms with Gasteiger partial charge in [0.25, 0.3) is 0 Å². The monoisotopic (exact) mass is 243 g/mol. The summed E-state index contributed by atoms with van der Waals surface area (Å²) >= 11 is 0. The van der Waals surface area contributed by atoms with E-state index in [1.54, 1.807) is 0 Å². The van der Waals surface area contributed by atoms with Crippen molar-refractivity contribution >= 4 is 5.91 Å². The third-order valence-corrected chi connectivity index (χ3v) is 3.13. The number of likely N-dealkylation sites (N-methyl/N-ethyl adjacent to an activating group) is 1. The van der Waals surface area contributed by atoms with E-state index in [1.807, 2.05) is 21.0 Å². The van der Waals surface area contributed by atoms with Gasteiger partial charge < -0.3 is 15.5 Å². The van der Waals surface area contributed by atoms with Crippen LogP contribution in [0.3, 0.4) is 0 Å². The molecule has 2 N–H and O–H groups in total. The van der Waals surface area contributed by atoms with E-state index in [0.717, 1.165) is 13.1 Å². The average Bonchev–Trinajstić information content (AvgIpc) is 2.22. The molecule has 0 spiro atoms. The molecule has 0 aromatic carbocycles. The van der Waals surface area contributed by atoms with E-state index in [4.69, 9.17) is 0 Å². The predicted octanol–water partition coefficient (Wildman–Crippen LogP) is 1.08. The Bertz CT molecular complexity index is 237. The number of carbonyl (C=O) groups excluding carboxylic acids is 1. The van der Waals surface area contributed by atoms with E-state index in [0.29, 0.717) is 5.92 Å². The smallest absolute Gasteiger partial charge is 0.236 e.